The van der Waals surface area contributed by atoms with Gasteiger partial charge in [0, 0.05) is 23.6 Å². The van der Waals surface area contributed by atoms with Crippen LogP contribution in [0.4, 0.5) is 4.39 Å². The first kappa shape index (κ1) is 13.7. The Labute approximate surface area is 111 Å². The summed E-state index contributed by atoms with van der Waals surface area (Å²) < 4.78 is 19.2. The van der Waals surface area contributed by atoms with E-state index in [1.165, 1.54) is 6.07 Å². The Hall–Kier alpha value is -0.680. The van der Waals surface area contributed by atoms with Crippen LogP contribution < -0.4 is 11.3 Å². The average molecular weight is 273 g/mol. The fourth-order valence-corrected chi connectivity index (χ4v) is 2.74. The first-order valence-corrected chi connectivity index (χ1v) is 6.51. The molecule has 3 N–H and O–H groups in total. The predicted molar refractivity (Wildman–Crippen MR) is 69.7 cm³/mol. The maximum absolute atomic E-state index is 13.7. The van der Waals surface area contributed by atoms with Crippen LogP contribution in [-0.4, -0.2) is 18.8 Å². The number of ether oxygens (including phenoxy) is 1. The molecule has 3 unspecified atom stereocenters. The highest BCUT2D eigenvalue weighted by Gasteiger charge is 2.31. The van der Waals surface area contributed by atoms with Crippen LogP contribution in [0.2, 0.25) is 5.02 Å². The molecule has 0 spiro atoms. The molecule has 0 amide bonds. The van der Waals surface area contributed by atoms with Gasteiger partial charge in [-0.15, -0.1) is 0 Å². The summed E-state index contributed by atoms with van der Waals surface area (Å²) in [5.41, 5.74) is 3.37. The topological polar surface area (TPSA) is 47.3 Å². The van der Waals surface area contributed by atoms with E-state index < -0.39 is 0 Å². The third-order valence-electron chi connectivity index (χ3n) is 3.61. The third kappa shape index (κ3) is 3.01. The Balaban J connectivity index is 2.12. The molecular weight excluding hydrogens is 255 g/mol. The summed E-state index contributed by atoms with van der Waals surface area (Å²) in [6, 6.07) is 4.59. The summed E-state index contributed by atoms with van der Waals surface area (Å²) >= 11 is 5.89. The number of hydrogen-bond acceptors (Lipinski definition) is 3. The van der Waals surface area contributed by atoms with Crippen LogP contribution in [0, 0.1) is 11.7 Å². The van der Waals surface area contributed by atoms with Crippen molar-refractivity contribution in [2.24, 2.45) is 11.8 Å². The Kier molecular flexibility index (Phi) is 4.56. The summed E-state index contributed by atoms with van der Waals surface area (Å²) in [5, 5.41) is 0.540. The number of hydrazine groups is 1. The second-order valence-corrected chi connectivity index (χ2v) is 5.18. The van der Waals surface area contributed by atoms with E-state index in [2.05, 4.69) is 5.43 Å². The number of nitrogens with one attached hydrogen (secondary N) is 1. The lowest BCUT2D eigenvalue weighted by molar-refractivity contribution is 0.0953. The first-order valence-electron chi connectivity index (χ1n) is 6.13. The van der Waals surface area contributed by atoms with E-state index in [0.717, 1.165) is 13.0 Å². The molecule has 0 bridgehead atoms. The molecule has 1 aliphatic heterocycles. The zero-order valence-electron chi connectivity index (χ0n) is 10.3. The third-order valence-corrected chi connectivity index (χ3v) is 3.85. The van der Waals surface area contributed by atoms with Gasteiger partial charge in [0.15, 0.2) is 0 Å². The van der Waals surface area contributed by atoms with E-state index >= 15 is 0 Å². The minimum absolute atomic E-state index is 0.00420. The Morgan fingerprint density at radius 2 is 2.39 bits per heavy atom. The minimum atomic E-state index is -0.244. The lowest BCUT2D eigenvalue weighted by Gasteiger charge is -2.25. The molecule has 1 saturated heterocycles. The van der Waals surface area contributed by atoms with Gasteiger partial charge in [0.2, 0.25) is 0 Å². The zero-order chi connectivity index (χ0) is 13.1. The van der Waals surface area contributed by atoms with Gasteiger partial charge in [0.25, 0.3) is 0 Å². The zero-order valence-corrected chi connectivity index (χ0v) is 11.1. The molecule has 3 atom stereocenters. The molecule has 18 heavy (non-hydrogen) atoms. The molecule has 0 aliphatic carbocycles. The van der Waals surface area contributed by atoms with Gasteiger partial charge in [-0.05, 0) is 43.5 Å². The molecule has 1 aromatic rings. The highest BCUT2D eigenvalue weighted by atomic mass is 35.5. The van der Waals surface area contributed by atoms with Crippen LogP contribution in [0.5, 0.6) is 0 Å². The van der Waals surface area contributed by atoms with Crippen LogP contribution in [0.15, 0.2) is 18.2 Å². The normalized spacial score (nSPS) is 25.3. The van der Waals surface area contributed by atoms with Crippen molar-refractivity contribution in [3.8, 4) is 0 Å². The van der Waals surface area contributed by atoms with Gasteiger partial charge >= 0.3 is 0 Å². The molecule has 0 aromatic heterocycles. The van der Waals surface area contributed by atoms with Crippen LogP contribution in [0.3, 0.4) is 0 Å². The van der Waals surface area contributed by atoms with E-state index in [4.69, 9.17) is 22.2 Å². The van der Waals surface area contributed by atoms with Crippen molar-refractivity contribution >= 4 is 11.6 Å². The van der Waals surface area contributed by atoms with Crippen LogP contribution in [0.25, 0.3) is 0 Å². The molecule has 100 valence electrons. The van der Waals surface area contributed by atoms with Gasteiger partial charge in [0.1, 0.15) is 5.82 Å². The molecule has 1 aliphatic rings. The van der Waals surface area contributed by atoms with E-state index in [9.17, 15) is 4.39 Å². The molecule has 1 heterocycles. The van der Waals surface area contributed by atoms with Gasteiger partial charge in [0.05, 0.1) is 6.10 Å². The van der Waals surface area contributed by atoms with Crippen molar-refractivity contribution in [2.75, 3.05) is 6.61 Å². The van der Waals surface area contributed by atoms with Crippen LogP contribution >= 0.6 is 11.6 Å². The van der Waals surface area contributed by atoms with Crippen molar-refractivity contribution in [2.45, 2.75) is 31.9 Å². The summed E-state index contributed by atoms with van der Waals surface area (Å²) in [6.45, 7) is 2.76. The number of nitrogens with two attached hydrogens (primary N) is 1. The van der Waals surface area contributed by atoms with E-state index in [1.807, 2.05) is 6.92 Å². The molecule has 3 nitrogen and oxygen atoms in total. The van der Waals surface area contributed by atoms with E-state index in [0.29, 0.717) is 22.9 Å². The second-order valence-electron chi connectivity index (χ2n) is 4.74. The predicted octanol–water partition coefficient (Wildman–Crippen LogP) is 2.28. The van der Waals surface area contributed by atoms with Gasteiger partial charge in [-0.3, -0.25) is 11.3 Å². The molecule has 2 rings (SSSR count). The maximum Gasteiger partial charge on any atom is 0.126 e. The van der Waals surface area contributed by atoms with Crippen LogP contribution in [-0.2, 0) is 11.2 Å². The molecule has 0 saturated carbocycles. The molecule has 1 aromatic carbocycles. The van der Waals surface area contributed by atoms with Crippen molar-refractivity contribution in [3.63, 3.8) is 0 Å². The number of benzene rings is 1. The number of hydrogen-bond donors (Lipinski definition) is 2. The molecule has 5 heteroatoms. The van der Waals surface area contributed by atoms with Crippen molar-refractivity contribution in [3.05, 3.63) is 34.6 Å². The lowest BCUT2D eigenvalue weighted by atomic mass is 9.89. The second kappa shape index (κ2) is 5.97. The van der Waals surface area contributed by atoms with Gasteiger partial charge in [-0.2, -0.15) is 0 Å². The highest BCUT2D eigenvalue weighted by molar-refractivity contribution is 6.30. The molecular formula is C13H18ClFN2O. The molecule has 0 radical (unpaired) electrons. The van der Waals surface area contributed by atoms with Crippen molar-refractivity contribution in [1.29, 1.82) is 0 Å². The smallest absolute Gasteiger partial charge is 0.126 e. The maximum atomic E-state index is 13.7. The average Bonchev–Trinajstić information content (AvgIpc) is 2.77. The fourth-order valence-electron chi connectivity index (χ4n) is 2.55. The largest absolute Gasteiger partial charge is 0.378 e. The molecule has 1 fully saturated rings. The Morgan fingerprint density at radius 3 is 3.00 bits per heavy atom. The summed E-state index contributed by atoms with van der Waals surface area (Å²) in [6.07, 6.45) is 1.60. The Bertz CT molecular complexity index is 416. The fraction of sp³-hybridized carbons (Fsp3) is 0.538. The monoisotopic (exact) mass is 272 g/mol. The van der Waals surface area contributed by atoms with E-state index in [1.54, 1.807) is 12.1 Å². The van der Waals surface area contributed by atoms with E-state index in [-0.39, 0.29) is 18.0 Å². The van der Waals surface area contributed by atoms with Crippen molar-refractivity contribution < 1.29 is 9.13 Å². The Morgan fingerprint density at radius 1 is 1.61 bits per heavy atom. The van der Waals surface area contributed by atoms with Crippen molar-refractivity contribution in [1.82, 2.24) is 5.43 Å². The quantitative estimate of drug-likeness (QED) is 0.653. The number of rotatable bonds is 4. The van der Waals surface area contributed by atoms with Gasteiger partial charge in [-0.1, -0.05) is 11.6 Å². The highest BCUT2D eigenvalue weighted by Crippen LogP contribution is 2.26. The summed E-state index contributed by atoms with van der Waals surface area (Å²) in [7, 11) is 0. The standard InChI is InChI=1S/C13H18ClFN2O/c1-8-11(4-5-18-8)13(17-16)7-9-6-10(14)2-3-12(9)15/h2-3,6,8,11,13,17H,4-5,7,16H2,1H3. The summed E-state index contributed by atoms with van der Waals surface area (Å²) in [5.74, 6) is 5.64. The van der Waals surface area contributed by atoms with Gasteiger partial charge < -0.3 is 4.74 Å². The van der Waals surface area contributed by atoms with Crippen LogP contribution in [0.1, 0.15) is 18.9 Å². The first-order chi connectivity index (χ1) is 8.61. The lowest BCUT2D eigenvalue weighted by Crippen LogP contribution is -2.44. The summed E-state index contributed by atoms with van der Waals surface area (Å²) in [4.78, 5) is 0. The SMILES string of the molecule is CC1OCCC1C(Cc1cc(Cl)ccc1F)NN. The minimum Gasteiger partial charge on any atom is -0.378 e. The van der Waals surface area contributed by atoms with Gasteiger partial charge in [-0.25, -0.2) is 4.39 Å². The number of halogens is 2.